The monoisotopic (exact) mass is 341 g/mol. The zero-order valence-corrected chi connectivity index (χ0v) is 15.8. The lowest BCUT2D eigenvalue weighted by Crippen LogP contribution is -2.38. The van der Waals surface area contributed by atoms with E-state index in [4.69, 9.17) is 9.47 Å². The van der Waals surface area contributed by atoms with E-state index in [1.54, 1.807) is 13.0 Å². The smallest absolute Gasteiger partial charge is 0.348 e. The van der Waals surface area contributed by atoms with Crippen LogP contribution in [0.15, 0.2) is 11.4 Å². The molecule has 0 bridgehead atoms. The first-order chi connectivity index (χ1) is 10.4. The molecule has 1 heterocycles. The average Bonchev–Trinajstić information content (AvgIpc) is 2.80. The van der Waals surface area contributed by atoms with Crippen molar-refractivity contribution in [2.75, 3.05) is 0 Å². The molecule has 23 heavy (non-hydrogen) atoms. The summed E-state index contributed by atoms with van der Waals surface area (Å²) in [5.41, 5.74) is -0.0736. The zero-order chi connectivity index (χ0) is 17.8. The highest BCUT2D eigenvalue weighted by Crippen LogP contribution is 2.19. The summed E-state index contributed by atoms with van der Waals surface area (Å²) in [6.07, 6.45) is 0. The van der Waals surface area contributed by atoms with Gasteiger partial charge in [-0.2, -0.15) is 0 Å². The van der Waals surface area contributed by atoms with Crippen LogP contribution in [0.1, 0.15) is 63.7 Å². The van der Waals surface area contributed by atoms with E-state index in [9.17, 15) is 9.59 Å². The van der Waals surface area contributed by atoms with E-state index >= 15 is 0 Å². The van der Waals surface area contributed by atoms with Gasteiger partial charge >= 0.3 is 11.9 Å². The standard InChI is InChI=1S/C17H27NO4S/c1-11(14(19)21-16(2,3)4)18-9-12-8-13(23-10-12)15(20)22-17(5,6)7/h8,10-11,18H,9H2,1-7H3/t11-/m1/s1. The zero-order valence-electron chi connectivity index (χ0n) is 15.0. The van der Waals surface area contributed by atoms with Crippen molar-refractivity contribution >= 4 is 23.3 Å². The third-order valence-corrected chi connectivity index (χ3v) is 3.59. The summed E-state index contributed by atoms with van der Waals surface area (Å²) in [4.78, 5) is 24.4. The molecule has 5 nitrogen and oxygen atoms in total. The van der Waals surface area contributed by atoms with Crippen molar-refractivity contribution in [3.8, 4) is 0 Å². The summed E-state index contributed by atoms with van der Waals surface area (Å²) < 4.78 is 10.6. The molecule has 1 aromatic rings. The van der Waals surface area contributed by atoms with E-state index < -0.39 is 17.2 Å². The van der Waals surface area contributed by atoms with Crippen LogP contribution in [0.25, 0.3) is 0 Å². The summed E-state index contributed by atoms with van der Waals surface area (Å²) in [6, 6.07) is 1.37. The van der Waals surface area contributed by atoms with Crippen LogP contribution in [0.4, 0.5) is 0 Å². The van der Waals surface area contributed by atoms with Crippen molar-refractivity contribution in [3.63, 3.8) is 0 Å². The topological polar surface area (TPSA) is 64.6 Å². The fraction of sp³-hybridized carbons (Fsp3) is 0.647. The quantitative estimate of drug-likeness (QED) is 0.830. The molecule has 1 N–H and O–H groups in total. The van der Waals surface area contributed by atoms with E-state index in [1.165, 1.54) is 11.3 Å². The number of hydrogen-bond acceptors (Lipinski definition) is 6. The van der Waals surface area contributed by atoms with Gasteiger partial charge in [0.2, 0.25) is 0 Å². The lowest BCUT2D eigenvalue weighted by molar-refractivity contribution is -0.157. The Kier molecular flexibility index (Phi) is 6.36. The van der Waals surface area contributed by atoms with Crippen molar-refractivity contribution in [2.24, 2.45) is 0 Å². The van der Waals surface area contributed by atoms with Gasteiger partial charge in [0.1, 0.15) is 22.1 Å². The molecule has 0 amide bonds. The van der Waals surface area contributed by atoms with Gasteiger partial charge in [0.05, 0.1) is 0 Å². The minimum absolute atomic E-state index is 0.292. The van der Waals surface area contributed by atoms with Crippen molar-refractivity contribution in [1.29, 1.82) is 0 Å². The van der Waals surface area contributed by atoms with Crippen LogP contribution in [0.5, 0.6) is 0 Å². The van der Waals surface area contributed by atoms with E-state index in [-0.39, 0.29) is 11.9 Å². The van der Waals surface area contributed by atoms with Gasteiger partial charge in [-0.15, -0.1) is 11.3 Å². The lowest BCUT2D eigenvalue weighted by Gasteiger charge is -2.22. The Morgan fingerprint density at radius 1 is 1.13 bits per heavy atom. The van der Waals surface area contributed by atoms with Crippen LogP contribution in [0.3, 0.4) is 0 Å². The predicted molar refractivity (Wildman–Crippen MR) is 91.6 cm³/mol. The van der Waals surface area contributed by atoms with Crippen LogP contribution in [-0.4, -0.2) is 29.2 Å². The second kappa shape index (κ2) is 7.45. The Balaban J connectivity index is 2.54. The number of esters is 2. The molecule has 0 aliphatic heterocycles. The molecule has 0 fully saturated rings. The van der Waals surface area contributed by atoms with Gasteiger partial charge in [-0.3, -0.25) is 4.79 Å². The molecular formula is C17H27NO4S. The van der Waals surface area contributed by atoms with Crippen molar-refractivity contribution in [3.05, 3.63) is 21.9 Å². The fourth-order valence-electron chi connectivity index (χ4n) is 1.65. The van der Waals surface area contributed by atoms with Gasteiger partial charge in [-0.05, 0) is 65.5 Å². The van der Waals surface area contributed by atoms with Crippen molar-refractivity contribution < 1.29 is 19.1 Å². The Morgan fingerprint density at radius 3 is 2.22 bits per heavy atom. The predicted octanol–water partition coefficient (Wildman–Crippen LogP) is 3.52. The summed E-state index contributed by atoms with van der Waals surface area (Å²) in [5, 5.41) is 4.98. The molecule has 0 saturated carbocycles. The molecule has 1 atom stereocenters. The molecule has 0 saturated heterocycles. The summed E-state index contributed by atoms with van der Waals surface area (Å²) >= 11 is 1.34. The minimum Gasteiger partial charge on any atom is -0.459 e. The summed E-state index contributed by atoms with van der Waals surface area (Å²) in [6.45, 7) is 13.3. The molecule has 0 aromatic carbocycles. The number of hydrogen-bond donors (Lipinski definition) is 1. The molecule has 0 unspecified atom stereocenters. The first-order valence-electron chi connectivity index (χ1n) is 7.64. The van der Waals surface area contributed by atoms with Gasteiger partial charge in [0.15, 0.2) is 0 Å². The van der Waals surface area contributed by atoms with Crippen LogP contribution in [0.2, 0.25) is 0 Å². The van der Waals surface area contributed by atoms with E-state index in [1.807, 2.05) is 46.9 Å². The first-order valence-corrected chi connectivity index (χ1v) is 8.52. The van der Waals surface area contributed by atoms with Crippen molar-refractivity contribution in [1.82, 2.24) is 5.32 Å². The Hall–Kier alpha value is -1.40. The van der Waals surface area contributed by atoms with E-state index in [0.717, 1.165) is 5.56 Å². The number of thiophene rings is 1. The Bertz CT molecular complexity index is 552. The largest absolute Gasteiger partial charge is 0.459 e. The third kappa shape index (κ3) is 7.61. The second-order valence-corrected chi connectivity index (χ2v) is 8.37. The van der Waals surface area contributed by atoms with E-state index in [2.05, 4.69) is 5.32 Å². The maximum absolute atomic E-state index is 12.0. The Labute approximate surface area is 142 Å². The molecule has 0 aliphatic carbocycles. The summed E-state index contributed by atoms with van der Waals surface area (Å²) in [5.74, 6) is -0.617. The van der Waals surface area contributed by atoms with Gasteiger partial charge in [-0.1, -0.05) is 0 Å². The molecule has 0 radical (unpaired) electrons. The average molecular weight is 341 g/mol. The van der Waals surface area contributed by atoms with Gasteiger partial charge < -0.3 is 14.8 Å². The van der Waals surface area contributed by atoms with Gasteiger partial charge in [-0.25, -0.2) is 4.79 Å². The van der Waals surface area contributed by atoms with Crippen LogP contribution in [-0.2, 0) is 20.8 Å². The number of carbonyl (C=O) groups excluding carboxylic acids is 2. The maximum atomic E-state index is 12.0. The van der Waals surface area contributed by atoms with Crippen LogP contribution in [0, 0.1) is 0 Å². The maximum Gasteiger partial charge on any atom is 0.348 e. The molecule has 0 aliphatic rings. The minimum atomic E-state index is -0.509. The highest BCUT2D eigenvalue weighted by molar-refractivity contribution is 7.12. The molecule has 6 heteroatoms. The first kappa shape index (κ1) is 19.6. The summed E-state index contributed by atoms with van der Waals surface area (Å²) in [7, 11) is 0. The Morgan fingerprint density at radius 2 is 1.70 bits per heavy atom. The number of rotatable bonds is 5. The SMILES string of the molecule is C[C@@H](NCc1csc(C(=O)OC(C)(C)C)c1)C(=O)OC(C)(C)C. The third-order valence-electron chi connectivity index (χ3n) is 2.63. The second-order valence-electron chi connectivity index (χ2n) is 7.46. The molecule has 1 rings (SSSR count). The lowest BCUT2D eigenvalue weighted by atomic mass is 10.2. The molecule has 1 aromatic heterocycles. The van der Waals surface area contributed by atoms with Gasteiger partial charge in [0, 0.05) is 6.54 Å². The molecular weight excluding hydrogens is 314 g/mol. The molecule has 0 spiro atoms. The fourth-order valence-corrected chi connectivity index (χ4v) is 2.44. The highest BCUT2D eigenvalue weighted by atomic mass is 32.1. The number of carbonyl (C=O) groups is 2. The van der Waals surface area contributed by atoms with Crippen LogP contribution >= 0.6 is 11.3 Å². The van der Waals surface area contributed by atoms with Crippen LogP contribution < -0.4 is 5.32 Å². The number of nitrogens with one attached hydrogen (secondary N) is 1. The molecule has 130 valence electrons. The van der Waals surface area contributed by atoms with Gasteiger partial charge in [0.25, 0.3) is 0 Å². The normalized spacial score (nSPS) is 13.5. The number of ether oxygens (including phenoxy) is 2. The highest BCUT2D eigenvalue weighted by Gasteiger charge is 2.22. The van der Waals surface area contributed by atoms with Crippen molar-refractivity contribution in [2.45, 2.75) is 72.3 Å². The van der Waals surface area contributed by atoms with E-state index in [0.29, 0.717) is 11.4 Å².